The lowest BCUT2D eigenvalue weighted by molar-refractivity contribution is 0.623. The van der Waals surface area contributed by atoms with Crippen LogP contribution in [-0.4, -0.2) is 9.97 Å². The molecule has 1 aromatic carbocycles. The first kappa shape index (κ1) is 10.7. The van der Waals surface area contributed by atoms with E-state index in [4.69, 9.17) is 0 Å². The zero-order valence-electron chi connectivity index (χ0n) is 8.73. The van der Waals surface area contributed by atoms with Crippen molar-refractivity contribution in [2.75, 3.05) is 0 Å². The molecular formula is C12H12FN3. The van der Waals surface area contributed by atoms with Crippen molar-refractivity contribution >= 4 is 0 Å². The van der Waals surface area contributed by atoms with Crippen LogP contribution in [0.1, 0.15) is 11.4 Å². The SMILES string of the molecule is Fc1ccc(CNCc2ncccn2)cc1. The molecule has 0 aliphatic rings. The van der Waals surface area contributed by atoms with Crippen LogP contribution in [0.15, 0.2) is 42.7 Å². The maximum atomic E-state index is 12.6. The average molecular weight is 217 g/mol. The molecule has 0 fully saturated rings. The summed E-state index contributed by atoms with van der Waals surface area (Å²) in [6.45, 7) is 1.29. The molecule has 2 rings (SSSR count). The summed E-state index contributed by atoms with van der Waals surface area (Å²) in [6, 6.07) is 8.21. The molecule has 0 amide bonds. The fourth-order valence-corrected chi connectivity index (χ4v) is 1.34. The first-order valence-electron chi connectivity index (χ1n) is 5.05. The largest absolute Gasteiger partial charge is 0.306 e. The van der Waals surface area contributed by atoms with Crippen molar-refractivity contribution in [1.29, 1.82) is 0 Å². The molecule has 1 aromatic heterocycles. The van der Waals surface area contributed by atoms with Crippen LogP contribution in [0.3, 0.4) is 0 Å². The van der Waals surface area contributed by atoms with Crippen LogP contribution in [0.4, 0.5) is 4.39 Å². The lowest BCUT2D eigenvalue weighted by Crippen LogP contribution is -2.14. The number of aromatic nitrogens is 2. The van der Waals surface area contributed by atoms with Crippen LogP contribution in [0.2, 0.25) is 0 Å². The second-order valence-electron chi connectivity index (χ2n) is 3.40. The first-order valence-corrected chi connectivity index (χ1v) is 5.05. The van der Waals surface area contributed by atoms with E-state index in [1.807, 2.05) is 0 Å². The Hall–Kier alpha value is -1.81. The van der Waals surface area contributed by atoms with E-state index >= 15 is 0 Å². The summed E-state index contributed by atoms with van der Waals surface area (Å²) >= 11 is 0. The van der Waals surface area contributed by atoms with Gasteiger partial charge in [-0.25, -0.2) is 14.4 Å². The van der Waals surface area contributed by atoms with Gasteiger partial charge in [0.1, 0.15) is 11.6 Å². The van der Waals surface area contributed by atoms with Gasteiger partial charge >= 0.3 is 0 Å². The summed E-state index contributed by atoms with van der Waals surface area (Å²) in [4.78, 5) is 8.18. The summed E-state index contributed by atoms with van der Waals surface area (Å²) in [7, 11) is 0. The molecule has 1 heterocycles. The molecule has 0 unspecified atom stereocenters. The molecule has 2 aromatic rings. The number of rotatable bonds is 4. The quantitative estimate of drug-likeness (QED) is 0.850. The lowest BCUT2D eigenvalue weighted by Gasteiger charge is -2.03. The molecule has 82 valence electrons. The van der Waals surface area contributed by atoms with E-state index in [0.717, 1.165) is 11.4 Å². The number of hydrogen-bond acceptors (Lipinski definition) is 3. The predicted molar refractivity (Wildman–Crippen MR) is 59.0 cm³/mol. The van der Waals surface area contributed by atoms with Gasteiger partial charge in [0.25, 0.3) is 0 Å². The third kappa shape index (κ3) is 3.10. The van der Waals surface area contributed by atoms with Crippen LogP contribution in [-0.2, 0) is 13.1 Å². The fourth-order valence-electron chi connectivity index (χ4n) is 1.34. The van der Waals surface area contributed by atoms with Gasteiger partial charge < -0.3 is 5.32 Å². The number of benzene rings is 1. The van der Waals surface area contributed by atoms with Crippen molar-refractivity contribution in [3.8, 4) is 0 Å². The number of halogens is 1. The minimum Gasteiger partial charge on any atom is -0.306 e. The maximum absolute atomic E-state index is 12.6. The van der Waals surface area contributed by atoms with E-state index in [2.05, 4.69) is 15.3 Å². The average Bonchev–Trinajstić information content (AvgIpc) is 2.33. The zero-order valence-corrected chi connectivity index (χ0v) is 8.73. The molecule has 0 bridgehead atoms. The van der Waals surface area contributed by atoms with Crippen molar-refractivity contribution in [1.82, 2.24) is 15.3 Å². The van der Waals surface area contributed by atoms with Crippen molar-refractivity contribution in [3.63, 3.8) is 0 Å². The van der Waals surface area contributed by atoms with E-state index in [1.54, 1.807) is 30.6 Å². The van der Waals surface area contributed by atoms with E-state index in [1.165, 1.54) is 12.1 Å². The normalized spacial score (nSPS) is 10.3. The van der Waals surface area contributed by atoms with Crippen molar-refractivity contribution < 1.29 is 4.39 Å². The monoisotopic (exact) mass is 217 g/mol. The summed E-state index contributed by atoms with van der Waals surface area (Å²) in [6.07, 6.45) is 3.42. The Bertz CT molecular complexity index is 428. The molecule has 1 N–H and O–H groups in total. The molecule has 0 radical (unpaired) electrons. The highest BCUT2D eigenvalue weighted by molar-refractivity contribution is 5.15. The molecule has 0 atom stereocenters. The van der Waals surface area contributed by atoms with Gasteiger partial charge in [0.05, 0.1) is 6.54 Å². The van der Waals surface area contributed by atoms with Crippen molar-refractivity contribution in [3.05, 3.63) is 59.9 Å². The topological polar surface area (TPSA) is 37.8 Å². The summed E-state index contributed by atoms with van der Waals surface area (Å²) in [5.74, 6) is 0.541. The van der Waals surface area contributed by atoms with Crippen LogP contribution < -0.4 is 5.32 Å². The standard InChI is InChI=1S/C12H12FN3/c13-11-4-2-10(3-5-11)8-14-9-12-15-6-1-7-16-12/h1-7,14H,8-9H2. The third-order valence-electron chi connectivity index (χ3n) is 2.14. The van der Waals surface area contributed by atoms with E-state index in [-0.39, 0.29) is 5.82 Å². The molecule has 0 aliphatic carbocycles. The van der Waals surface area contributed by atoms with Crippen LogP contribution in [0.25, 0.3) is 0 Å². The number of nitrogens with zero attached hydrogens (tertiary/aromatic N) is 2. The van der Waals surface area contributed by atoms with Crippen LogP contribution in [0.5, 0.6) is 0 Å². The third-order valence-corrected chi connectivity index (χ3v) is 2.14. The Labute approximate surface area is 93.4 Å². The van der Waals surface area contributed by atoms with Gasteiger partial charge in [-0.2, -0.15) is 0 Å². The Morgan fingerprint density at radius 3 is 2.38 bits per heavy atom. The highest BCUT2D eigenvalue weighted by Crippen LogP contribution is 2.02. The Morgan fingerprint density at radius 2 is 1.69 bits per heavy atom. The predicted octanol–water partition coefficient (Wildman–Crippen LogP) is 1.91. The van der Waals surface area contributed by atoms with Gasteiger partial charge in [0, 0.05) is 18.9 Å². The molecule has 0 saturated heterocycles. The van der Waals surface area contributed by atoms with Crippen molar-refractivity contribution in [2.45, 2.75) is 13.1 Å². The lowest BCUT2D eigenvalue weighted by atomic mass is 10.2. The molecule has 0 aliphatic heterocycles. The fraction of sp³-hybridized carbons (Fsp3) is 0.167. The summed E-state index contributed by atoms with van der Waals surface area (Å²) in [5.41, 5.74) is 1.04. The Balaban J connectivity index is 1.82. The van der Waals surface area contributed by atoms with E-state index in [9.17, 15) is 4.39 Å². The Morgan fingerprint density at radius 1 is 1.00 bits per heavy atom. The van der Waals surface area contributed by atoms with Gasteiger partial charge in [-0.3, -0.25) is 0 Å². The summed E-state index contributed by atoms with van der Waals surface area (Å²) in [5, 5.41) is 3.19. The molecule has 0 spiro atoms. The van der Waals surface area contributed by atoms with Crippen molar-refractivity contribution in [2.24, 2.45) is 0 Å². The second kappa shape index (κ2) is 5.32. The van der Waals surface area contributed by atoms with Gasteiger partial charge in [0.2, 0.25) is 0 Å². The highest BCUT2D eigenvalue weighted by Gasteiger charge is 1.96. The molecule has 3 nitrogen and oxygen atoms in total. The summed E-state index contributed by atoms with van der Waals surface area (Å²) < 4.78 is 12.6. The number of nitrogens with one attached hydrogen (secondary N) is 1. The van der Waals surface area contributed by atoms with Crippen LogP contribution in [0, 0.1) is 5.82 Å². The number of hydrogen-bond donors (Lipinski definition) is 1. The second-order valence-corrected chi connectivity index (χ2v) is 3.40. The maximum Gasteiger partial charge on any atom is 0.141 e. The smallest absolute Gasteiger partial charge is 0.141 e. The molecule has 16 heavy (non-hydrogen) atoms. The molecule has 0 saturated carbocycles. The van der Waals surface area contributed by atoms with Crippen LogP contribution >= 0.6 is 0 Å². The first-order chi connectivity index (χ1) is 7.84. The van der Waals surface area contributed by atoms with Gasteiger partial charge in [0.15, 0.2) is 0 Å². The van der Waals surface area contributed by atoms with Gasteiger partial charge in [-0.15, -0.1) is 0 Å². The molecule has 4 heteroatoms. The highest BCUT2D eigenvalue weighted by atomic mass is 19.1. The van der Waals surface area contributed by atoms with Gasteiger partial charge in [-0.1, -0.05) is 12.1 Å². The minimum absolute atomic E-state index is 0.213. The molecular weight excluding hydrogens is 205 g/mol. The van der Waals surface area contributed by atoms with E-state index in [0.29, 0.717) is 13.1 Å². The zero-order chi connectivity index (χ0) is 11.2. The minimum atomic E-state index is -0.213. The van der Waals surface area contributed by atoms with E-state index < -0.39 is 0 Å². The van der Waals surface area contributed by atoms with Gasteiger partial charge in [-0.05, 0) is 23.8 Å². The Kier molecular flexibility index (Phi) is 3.56.